The number of hydrogen-bond donors (Lipinski definition) is 3. The van der Waals surface area contributed by atoms with Gasteiger partial charge >= 0.3 is 5.97 Å². The summed E-state index contributed by atoms with van der Waals surface area (Å²) in [5.74, 6) is -0.749. The molecule has 5 heteroatoms. The summed E-state index contributed by atoms with van der Waals surface area (Å²) in [6, 6.07) is 0. The largest absolute Gasteiger partial charge is 0.454 e. The average molecular weight is 176 g/mol. The maximum Gasteiger partial charge on any atom is 0.330 e. The lowest BCUT2D eigenvalue weighted by molar-refractivity contribution is -0.153. The molecular weight excluding hydrogens is 164 g/mol. The van der Waals surface area contributed by atoms with E-state index in [1.807, 2.05) is 0 Å². The van der Waals surface area contributed by atoms with Crippen molar-refractivity contribution >= 4 is 5.97 Å². The topological polar surface area (TPSA) is 87.0 Å². The van der Waals surface area contributed by atoms with Crippen LogP contribution in [0.15, 0.2) is 12.7 Å². The van der Waals surface area contributed by atoms with Crippen LogP contribution in [0.5, 0.6) is 0 Å². The zero-order valence-corrected chi connectivity index (χ0v) is 6.51. The number of carbonyl (C=O) groups excluding carboxylic acids is 1. The van der Waals surface area contributed by atoms with E-state index in [1.54, 1.807) is 0 Å². The van der Waals surface area contributed by atoms with Gasteiger partial charge in [0.1, 0.15) is 6.10 Å². The van der Waals surface area contributed by atoms with Crippen molar-refractivity contribution in [3.63, 3.8) is 0 Å². The highest BCUT2D eigenvalue weighted by atomic mass is 16.6. The summed E-state index contributed by atoms with van der Waals surface area (Å²) in [6.45, 7) is 2.02. The molecular formula is C7H12O5. The van der Waals surface area contributed by atoms with E-state index in [4.69, 9.17) is 15.3 Å². The molecule has 0 aromatic rings. The van der Waals surface area contributed by atoms with Crippen molar-refractivity contribution < 1.29 is 24.9 Å². The Morgan fingerprint density at radius 3 is 2.42 bits per heavy atom. The lowest BCUT2D eigenvalue weighted by atomic mass is 10.2. The molecule has 5 nitrogen and oxygen atoms in total. The van der Waals surface area contributed by atoms with Gasteiger partial charge in [-0.2, -0.15) is 0 Å². The molecule has 70 valence electrons. The second-order valence-corrected chi connectivity index (χ2v) is 2.11. The molecule has 0 heterocycles. The Morgan fingerprint density at radius 1 is 1.50 bits per heavy atom. The normalized spacial score (nSPS) is 14.9. The highest BCUT2D eigenvalue weighted by molar-refractivity contribution is 5.81. The minimum Gasteiger partial charge on any atom is -0.454 e. The predicted molar refractivity (Wildman–Crippen MR) is 40.3 cm³/mol. The van der Waals surface area contributed by atoms with Crippen LogP contribution >= 0.6 is 0 Å². The third kappa shape index (κ3) is 3.47. The minimum atomic E-state index is -1.26. The van der Waals surface area contributed by atoms with Crippen molar-refractivity contribution in [3.05, 3.63) is 12.7 Å². The highest BCUT2D eigenvalue weighted by Crippen LogP contribution is 1.99. The fourth-order valence-corrected chi connectivity index (χ4v) is 0.552. The lowest BCUT2D eigenvalue weighted by Gasteiger charge is -2.18. The summed E-state index contributed by atoms with van der Waals surface area (Å²) in [5, 5.41) is 26.0. The second kappa shape index (κ2) is 5.70. The average Bonchev–Trinajstić information content (AvgIpc) is 2.12. The van der Waals surface area contributed by atoms with Gasteiger partial charge in [-0.1, -0.05) is 6.58 Å². The van der Waals surface area contributed by atoms with Gasteiger partial charge in [-0.25, -0.2) is 4.79 Å². The fourth-order valence-electron chi connectivity index (χ4n) is 0.552. The fraction of sp³-hybridized carbons (Fsp3) is 0.571. The van der Waals surface area contributed by atoms with Gasteiger partial charge in [0.15, 0.2) is 6.10 Å². The Bertz CT molecular complexity index is 156. The first-order valence-electron chi connectivity index (χ1n) is 3.38. The van der Waals surface area contributed by atoms with E-state index in [-0.39, 0.29) is 0 Å². The van der Waals surface area contributed by atoms with Gasteiger partial charge in [-0.3, -0.25) is 0 Å². The van der Waals surface area contributed by atoms with Gasteiger partial charge < -0.3 is 20.1 Å². The lowest BCUT2D eigenvalue weighted by Crippen LogP contribution is -2.36. The Morgan fingerprint density at radius 2 is 2.08 bits per heavy atom. The Labute approximate surface area is 69.9 Å². The number of carbonyl (C=O) groups is 1. The van der Waals surface area contributed by atoms with Crippen LogP contribution < -0.4 is 0 Å². The molecule has 0 bridgehead atoms. The van der Waals surface area contributed by atoms with Crippen LogP contribution in [0, 0.1) is 0 Å². The third-order valence-corrected chi connectivity index (χ3v) is 1.23. The molecule has 0 aromatic heterocycles. The predicted octanol–water partition coefficient (Wildman–Crippen LogP) is -1.57. The number of hydrogen-bond acceptors (Lipinski definition) is 5. The highest BCUT2D eigenvalue weighted by Gasteiger charge is 2.20. The molecule has 0 fully saturated rings. The molecule has 0 rings (SSSR count). The Kier molecular flexibility index (Phi) is 5.27. The summed E-state index contributed by atoms with van der Waals surface area (Å²) >= 11 is 0. The summed E-state index contributed by atoms with van der Waals surface area (Å²) in [5.41, 5.74) is 0. The van der Waals surface area contributed by atoms with Crippen molar-refractivity contribution in [2.75, 3.05) is 13.2 Å². The standard InChI is InChI=1S/C7H12O5/c1-2-7(11)12-6(4-9)5(10)3-8/h2,5-6,8-10H,1,3-4H2. The zero-order valence-electron chi connectivity index (χ0n) is 6.51. The molecule has 0 amide bonds. The van der Waals surface area contributed by atoms with Gasteiger partial charge in [0.05, 0.1) is 13.2 Å². The molecule has 0 saturated heterocycles. The van der Waals surface area contributed by atoms with Crippen molar-refractivity contribution in [2.24, 2.45) is 0 Å². The summed E-state index contributed by atoms with van der Waals surface area (Å²) in [4.78, 5) is 10.6. The molecule has 0 saturated carbocycles. The molecule has 0 aliphatic rings. The van der Waals surface area contributed by atoms with E-state index >= 15 is 0 Å². The second-order valence-electron chi connectivity index (χ2n) is 2.11. The van der Waals surface area contributed by atoms with E-state index in [0.29, 0.717) is 0 Å². The van der Waals surface area contributed by atoms with Gasteiger partial charge in [0.2, 0.25) is 0 Å². The van der Waals surface area contributed by atoms with Crippen LogP contribution in [0.3, 0.4) is 0 Å². The first-order chi connectivity index (χ1) is 5.65. The molecule has 0 aliphatic heterocycles. The van der Waals surface area contributed by atoms with Crippen LogP contribution in [0.2, 0.25) is 0 Å². The van der Waals surface area contributed by atoms with Crippen molar-refractivity contribution in [3.8, 4) is 0 Å². The Hall–Kier alpha value is -0.910. The smallest absolute Gasteiger partial charge is 0.330 e. The summed E-state index contributed by atoms with van der Waals surface area (Å²) in [7, 11) is 0. The molecule has 0 aliphatic carbocycles. The summed E-state index contributed by atoms with van der Waals surface area (Å²) < 4.78 is 4.48. The summed E-state index contributed by atoms with van der Waals surface area (Å²) in [6.07, 6.45) is -1.45. The molecule has 2 unspecified atom stereocenters. The number of aliphatic hydroxyl groups excluding tert-OH is 3. The molecule has 0 aromatic carbocycles. The molecule has 0 spiro atoms. The van der Waals surface area contributed by atoms with Gasteiger partial charge in [-0.15, -0.1) is 0 Å². The van der Waals surface area contributed by atoms with Gasteiger partial charge in [-0.05, 0) is 0 Å². The number of ether oxygens (including phenoxy) is 1. The van der Waals surface area contributed by atoms with Crippen LogP contribution in [0.1, 0.15) is 0 Å². The maximum atomic E-state index is 10.6. The van der Waals surface area contributed by atoms with Crippen molar-refractivity contribution in [1.29, 1.82) is 0 Å². The van der Waals surface area contributed by atoms with Crippen LogP contribution in [-0.4, -0.2) is 46.7 Å². The first-order valence-corrected chi connectivity index (χ1v) is 3.38. The van der Waals surface area contributed by atoms with E-state index in [1.165, 1.54) is 0 Å². The number of aliphatic hydroxyl groups is 3. The van der Waals surface area contributed by atoms with E-state index in [0.717, 1.165) is 6.08 Å². The van der Waals surface area contributed by atoms with Crippen LogP contribution in [0.4, 0.5) is 0 Å². The SMILES string of the molecule is C=CC(=O)OC(CO)C(O)CO. The quantitative estimate of drug-likeness (QED) is 0.348. The first kappa shape index (κ1) is 11.1. The van der Waals surface area contributed by atoms with Crippen molar-refractivity contribution in [1.82, 2.24) is 0 Å². The molecule has 2 atom stereocenters. The van der Waals surface area contributed by atoms with Crippen molar-refractivity contribution in [2.45, 2.75) is 12.2 Å². The monoisotopic (exact) mass is 176 g/mol. The van der Waals surface area contributed by atoms with E-state index < -0.39 is 31.4 Å². The maximum absolute atomic E-state index is 10.6. The molecule has 0 radical (unpaired) electrons. The van der Waals surface area contributed by atoms with Gasteiger partial charge in [0.25, 0.3) is 0 Å². The third-order valence-electron chi connectivity index (χ3n) is 1.23. The minimum absolute atomic E-state index is 0.540. The van der Waals surface area contributed by atoms with Gasteiger partial charge in [0, 0.05) is 6.08 Å². The van der Waals surface area contributed by atoms with E-state index in [2.05, 4.69) is 11.3 Å². The number of rotatable bonds is 5. The van der Waals surface area contributed by atoms with Crippen LogP contribution in [0.25, 0.3) is 0 Å². The Balaban J connectivity index is 3.98. The number of esters is 1. The molecule has 3 N–H and O–H groups in total. The van der Waals surface area contributed by atoms with E-state index in [9.17, 15) is 4.79 Å². The van der Waals surface area contributed by atoms with Crippen LogP contribution in [-0.2, 0) is 9.53 Å². The zero-order chi connectivity index (χ0) is 9.56. The molecule has 12 heavy (non-hydrogen) atoms.